The SMILES string of the molecule is Cc1nccc2ccc(C3CCCN3)cc12. The second kappa shape index (κ2) is 3.87. The summed E-state index contributed by atoms with van der Waals surface area (Å²) in [5, 5.41) is 6.11. The van der Waals surface area contributed by atoms with Crippen LogP contribution in [0.2, 0.25) is 0 Å². The normalized spacial score (nSPS) is 20.4. The lowest BCUT2D eigenvalue weighted by molar-refractivity contribution is 0.648. The second-order valence-electron chi connectivity index (χ2n) is 4.53. The molecule has 1 N–H and O–H groups in total. The zero-order valence-electron chi connectivity index (χ0n) is 9.53. The van der Waals surface area contributed by atoms with Gasteiger partial charge in [-0.05, 0) is 49.4 Å². The van der Waals surface area contributed by atoms with Gasteiger partial charge in [0.25, 0.3) is 0 Å². The molecule has 0 aliphatic carbocycles. The Labute approximate surface area is 95.7 Å². The fraction of sp³-hybridized carbons (Fsp3) is 0.357. The summed E-state index contributed by atoms with van der Waals surface area (Å²) in [7, 11) is 0. The van der Waals surface area contributed by atoms with E-state index < -0.39 is 0 Å². The minimum atomic E-state index is 0.545. The molecule has 2 nitrogen and oxygen atoms in total. The molecule has 0 radical (unpaired) electrons. The van der Waals surface area contributed by atoms with Crippen LogP contribution in [0.15, 0.2) is 30.5 Å². The molecule has 1 saturated heterocycles. The van der Waals surface area contributed by atoms with Crippen molar-refractivity contribution in [3.8, 4) is 0 Å². The van der Waals surface area contributed by atoms with E-state index in [0.717, 1.165) is 12.2 Å². The molecule has 1 unspecified atom stereocenters. The van der Waals surface area contributed by atoms with E-state index in [9.17, 15) is 0 Å². The van der Waals surface area contributed by atoms with Gasteiger partial charge < -0.3 is 5.32 Å². The van der Waals surface area contributed by atoms with Crippen molar-refractivity contribution in [2.45, 2.75) is 25.8 Å². The zero-order valence-corrected chi connectivity index (χ0v) is 9.53. The van der Waals surface area contributed by atoms with Crippen molar-refractivity contribution in [3.63, 3.8) is 0 Å². The Hall–Kier alpha value is -1.41. The predicted octanol–water partition coefficient (Wildman–Crippen LogP) is 2.97. The molecule has 0 amide bonds. The molecule has 1 aromatic carbocycles. The third-order valence-electron chi connectivity index (χ3n) is 3.45. The van der Waals surface area contributed by atoms with Crippen LogP contribution >= 0.6 is 0 Å². The van der Waals surface area contributed by atoms with E-state index in [-0.39, 0.29) is 0 Å². The van der Waals surface area contributed by atoms with E-state index in [0.29, 0.717) is 6.04 Å². The average Bonchev–Trinajstić information content (AvgIpc) is 2.83. The van der Waals surface area contributed by atoms with Gasteiger partial charge >= 0.3 is 0 Å². The first-order valence-electron chi connectivity index (χ1n) is 5.93. The fourth-order valence-electron chi connectivity index (χ4n) is 2.52. The Kier molecular flexibility index (Phi) is 2.37. The monoisotopic (exact) mass is 212 g/mol. The van der Waals surface area contributed by atoms with Gasteiger partial charge in [0.05, 0.1) is 0 Å². The third kappa shape index (κ3) is 1.59. The highest BCUT2D eigenvalue weighted by Crippen LogP contribution is 2.26. The summed E-state index contributed by atoms with van der Waals surface area (Å²) in [5.41, 5.74) is 2.53. The lowest BCUT2D eigenvalue weighted by atomic mass is 10.0. The molecular formula is C14H16N2. The van der Waals surface area contributed by atoms with Crippen molar-refractivity contribution in [2.24, 2.45) is 0 Å². The molecular weight excluding hydrogens is 196 g/mol. The van der Waals surface area contributed by atoms with Crippen molar-refractivity contribution in [2.75, 3.05) is 6.54 Å². The van der Waals surface area contributed by atoms with Crippen molar-refractivity contribution >= 4 is 10.8 Å². The fourth-order valence-corrected chi connectivity index (χ4v) is 2.52. The van der Waals surface area contributed by atoms with Crippen LogP contribution in [0.1, 0.15) is 30.1 Å². The number of hydrogen-bond donors (Lipinski definition) is 1. The molecule has 1 atom stereocenters. The van der Waals surface area contributed by atoms with Crippen LogP contribution in [0.3, 0.4) is 0 Å². The molecule has 1 aliphatic rings. The minimum Gasteiger partial charge on any atom is -0.310 e. The van der Waals surface area contributed by atoms with E-state index in [1.165, 1.54) is 29.2 Å². The second-order valence-corrected chi connectivity index (χ2v) is 4.53. The number of pyridine rings is 1. The minimum absolute atomic E-state index is 0.545. The Morgan fingerprint density at radius 1 is 1.31 bits per heavy atom. The van der Waals surface area contributed by atoms with Crippen LogP contribution in [-0.2, 0) is 0 Å². The summed E-state index contributed by atoms with van der Waals surface area (Å²) in [4.78, 5) is 4.35. The maximum atomic E-state index is 4.35. The number of rotatable bonds is 1. The van der Waals surface area contributed by atoms with E-state index in [1.54, 1.807) is 0 Å². The summed E-state index contributed by atoms with van der Waals surface area (Å²) in [5.74, 6) is 0. The largest absolute Gasteiger partial charge is 0.310 e. The van der Waals surface area contributed by atoms with Crippen LogP contribution in [-0.4, -0.2) is 11.5 Å². The van der Waals surface area contributed by atoms with Crippen LogP contribution < -0.4 is 5.32 Å². The molecule has 16 heavy (non-hydrogen) atoms. The molecule has 1 aromatic heterocycles. The van der Waals surface area contributed by atoms with Gasteiger partial charge in [0.15, 0.2) is 0 Å². The number of nitrogens with zero attached hydrogens (tertiary/aromatic N) is 1. The standard InChI is InChI=1S/C14H16N2/c1-10-13-9-12(14-3-2-7-16-14)5-4-11(13)6-8-15-10/h4-6,8-9,14,16H,2-3,7H2,1H3. The molecule has 2 heterocycles. The van der Waals surface area contributed by atoms with Crippen LogP contribution in [0.25, 0.3) is 10.8 Å². The third-order valence-corrected chi connectivity index (χ3v) is 3.45. The van der Waals surface area contributed by atoms with Crippen molar-refractivity contribution in [1.29, 1.82) is 0 Å². The Bertz CT molecular complexity index is 513. The van der Waals surface area contributed by atoms with Gasteiger partial charge in [-0.3, -0.25) is 4.98 Å². The van der Waals surface area contributed by atoms with Gasteiger partial charge in [-0.2, -0.15) is 0 Å². The molecule has 2 heteroatoms. The lowest BCUT2D eigenvalue weighted by Crippen LogP contribution is -2.12. The quantitative estimate of drug-likeness (QED) is 0.786. The molecule has 0 spiro atoms. The number of aromatic nitrogens is 1. The molecule has 0 saturated carbocycles. The summed E-state index contributed by atoms with van der Waals surface area (Å²) in [6, 6.07) is 9.36. The zero-order chi connectivity index (χ0) is 11.0. The van der Waals surface area contributed by atoms with Crippen LogP contribution in [0.4, 0.5) is 0 Å². The van der Waals surface area contributed by atoms with Gasteiger partial charge in [0.1, 0.15) is 0 Å². The summed E-state index contributed by atoms with van der Waals surface area (Å²) < 4.78 is 0. The van der Waals surface area contributed by atoms with Gasteiger partial charge in [-0.15, -0.1) is 0 Å². The summed E-state index contributed by atoms with van der Waals surface area (Å²) in [6.07, 6.45) is 4.42. The molecule has 3 rings (SSSR count). The van der Waals surface area contributed by atoms with Crippen molar-refractivity contribution in [1.82, 2.24) is 10.3 Å². The smallest absolute Gasteiger partial charge is 0.0451 e. The van der Waals surface area contributed by atoms with E-state index in [2.05, 4.69) is 41.5 Å². The van der Waals surface area contributed by atoms with Crippen LogP contribution in [0, 0.1) is 6.92 Å². The van der Waals surface area contributed by atoms with Crippen LogP contribution in [0.5, 0.6) is 0 Å². The molecule has 82 valence electrons. The number of aryl methyl sites for hydroxylation is 1. The van der Waals surface area contributed by atoms with Gasteiger partial charge in [0.2, 0.25) is 0 Å². The summed E-state index contributed by atoms with van der Waals surface area (Å²) >= 11 is 0. The topological polar surface area (TPSA) is 24.9 Å². The first-order chi connectivity index (χ1) is 7.84. The van der Waals surface area contributed by atoms with E-state index in [1.807, 2.05) is 6.20 Å². The highest BCUT2D eigenvalue weighted by molar-refractivity contribution is 5.84. The van der Waals surface area contributed by atoms with Gasteiger partial charge in [0, 0.05) is 23.3 Å². The highest BCUT2D eigenvalue weighted by Gasteiger charge is 2.16. The Morgan fingerprint density at radius 2 is 2.25 bits per heavy atom. The van der Waals surface area contributed by atoms with E-state index in [4.69, 9.17) is 0 Å². The number of fused-ring (bicyclic) bond motifs is 1. The maximum Gasteiger partial charge on any atom is 0.0451 e. The average molecular weight is 212 g/mol. The summed E-state index contributed by atoms with van der Waals surface area (Å²) in [6.45, 7) is 3.23. The number of benzene rings is 1. The van der Waals surface area contributed by atoms with Crippen molar-refractivity contribution in [3.05, 3.63) is 41.7 Å². The first kappa shape index (κ1) is 9.79. The van der Waals surface area contributed by atoms with E-state index >= 15 is 0 Å². The predicted molar refractivity (Wildman–Crippen MR) is 66.5 cm³/mol. The Balaban J connectivity index is 2.10. The number of hydrogen-bond acceptors (Lipinski definition) is 2. The Morgan fingerprint density at radius 3 is 3.06 bits per heavy atom. The first-order valence-corrected chi connectivity index (χ1v) is 5.93. The molecule has 1 fully saturated rings. The van der Waals surface area contributed by atoms with Crippen molar-refractivity contribution < 1.29 is 0 Å². The maximum absolute atomic E-state index is 4.35. The van der Waals surface area contributed by atoms with Gasteiger partial charge in [-0.1, -0.05) is 12.1 Å². The van der Waals surface area contributed by atoms with Gasteiger partial charge in [-0.25, -0.2) is 0 Å². The number of nitrogens with one attached hydrogen (secondary N) is 1. The molecule has 0 bridgehead atoms. The lowest BCUT2D eigenvalue weighted by Gasteiger charge is -2.12. The molecule has 1 aliphatic heterocycles. The molecule has 2 aromatic rings. The highest BCUT2D eigenvalue weighted by atomic mass is 14.9.